The Morgan fingerprint density at radius 1 is 1.10 bits per heavy atom. The maximum absolute atomic E-state index is 12.9. The Bertz CT molecular complexity index is 1020. The molecule has 2 heterocycles. The smallest absolute Gasteiger partial charge is 0.337 e. The number of rotatable bonds is 3. The van der Waals surface area contributed by atoms with Crippen LogP contribution in [0.25, 0.3) is 11.4 Å². The third-order valence-corrected chi connectivity index (χ3v) is 4.96. The molecule has 0 bridgehead atoms. The minimum absolute atomic E-state index is 0.0784. The van der Waals surface area contributed by atoms with Crippen molar-refractivity contribution in [3.63, 3.8) is 0 Å². The molecule has 1 atom stereocenters. The lowest BCUT2D eigenvalue weighted by Gasteiger charge is -2.33. The van der Waals surface area contributed by atoms with Crippen molar-refractivity contribution in [3.05, 3.63) is 66.1 Å². The molecule has 1 aliphatic heterocycles. The minimum Gasteiger partial charge on any atom is -0.337 e. The number of halogens is 3. The van der Waals surface area contributed by atoms with Crippen LogP contribution in [0.15, 0.2) is 59.1 Å². The zero-order valence-electron chi connectivity index (χ0n) is 15.9. The lowest BCUT2D eigenvalue weighted by molar-refractivity contribution is -0.137. The van der Waals surface area contributed by atoms with Gasteiger partial charge in [0.1, 0.15) is 6.04 Å². The van der Waals surface area contributed by atoms with E-state index in [0.717, 1.165) is 30.5 Å². The van der Waals surface area contributed by atoms with Crippen molar-refractivity contribution < 1.29 is 22.5 Å². The van der Waals surface area contributed by atoms with E-state index in [1.807, 2.05) is 30.3 Å². The quantitative estimate of drug-likeness (QED) is 0.611. The predicted octanol–water partition coefficient (Wildman–Crippen LogP) is 5.51. The number of hydrogen-bond donors (Lipinski definition) is 1. The molecule has 156 valence electrons. The second-order valence-electron chi connectivity index (χ2n) is 7.04. The molecule has 9 heteroatoms. The lowest BCUT2D eigenvalue weighted by Crippen LogP contribution is -2.41. The first-order valence-electron chi connectivity index (χ1n) is 9.56. The molecule has 1 fully saturated rings. The number of nitrogens with zero attached hydrogens (tertiary/aromatic N) is 3. The van der Waals surface area contributed by atoms with Gasteiger partial charge in [-0.1, -0.05) is 41.6 Å². The van der Waals surface area contributed by atoms with E-state index in [4.69, 9.17) is 4.52 Å². The van der Waals surface area contributed by atoms with Crippen LogP contribution in [0.3, 0.4) is 0 Å². The Kier molecular flexibility index (Phi) is 5.43. The number of hydrogen-bond acceptors (Lipinski definition) is 4. The standard InChI is InChI=1S/C21H19F3N4O2/c22-21(23,24)15-9-6-10-16(13-15)25-20(29)28-12-5-4-11-17(28)19-26-18(27-30-19)14-7-2-1-3-8-14/h1-3,6-10,13,17H,4-5,11-12H2,(H,25,29)/t17-/m0/s1. The number of carbonyl (C=O) groups is 1. The number of urea groups is 1. The topological polar surface area (TPSA) is 71.3 Å². The average Bonchev–Trinajstić information content (AvgIpc) is 3.24. The van der Waals surface area contributed by atoms with Crippen LogP contribution in [0.1, 0.15) is 36.8 Å². The fraction of sp³-hybridized carbons (Fsp3) is 0.286. The van der Waals surface area contributed by atoms with Crippen molar-refractivity contribution in [2.45, 2.75) is 31.5 Å². The van der Waals surface area contributed by atoms with Crippen LogP contribution < -0.4 is 5.32 Å². The Labute approximate surface area is 170 Å². The number of aromatic nitrogens is 2. The molecule has 0 aliphatic carbocycles. The van der Waals surface area contributed by atoms with Gasteiger partial charge in [0.05, 0.1) is 5.56 Å². The van der Waals surface area contributed by atoms with Crippen LogP contribution in [-0.4, -0.2) is 27.6 Å². The van der Waals surface area contributed by atoms with E-state index in [9.17, 15) is 18.0 Å². The third-order valence-electron chi connectivity index (χ3n) is 4.96. The van der Waals surface area contributed by atoms with E-state index < -0.39 is 23.8 Å². The van der Waals surface area contributed by atoms with Crippen LogP contribution in [0.2, 0.25) is 0 Å². The molecule has 2 aromatic carbocycles. The molecule has 1 saturated heterocycles. The molecule has 3 aromatic rings. The molecule has 4 rings (SSSR count). The van der Waals surface area contributed by atoms with Gasteiger partial charge >= 0.3 is 12.2 Å². The first-order chi connectivity index (χ1) is 14.4. The number of benzene rings is 2. The second-order valence-corrected chi connectivity index (χ2v) is 7.04. The summed E-state index contributed by atoms with van der Waals surface area (Å²) in [7, 11) is 0. The summed E-state index contributed by atoms with van der Waals surface area (Å²) in [5.74, 6) is 0.738. The molecular formula is C21H19F3N4O2. The van der Waals surface area contributed by atoms with Gasteiger partial charge in [-0.15, -0.1) is 0 Å². The Morgan fingerprint density at radius 2 is 1.90 bits per heavy atom. The summed E-state index contributed by atoms with van der Waals surface area (Å²) in [5.41, 5.74) is 0.0535. The fourth-order valence-corrected chi connectivity index (χ4v) is 3.47. The molecule has 30 heavy (non-hydrogen) atoms. The van der Waals surface area contributed by atoms with Crippen LogP contribution in [0, 0.1) is 0 Å². The van der Waals surface area contributed by atoms with E-state index in [-0.39, 0.29) is 5.69 Å². The first-order valence-corrected chi connectivity index (χ1v) is 9.56. The molecule has 0 saturated carbocycles. The van der Waals surface area contributed by atoms with Crippen LogP contribution in [0.4, 0.5) is 23.7 Å². The van der Waals surface area contributed by atoms with Crippen molar-refractivity contribution in [1.29, 1.82) is 0 Å². The highest BCUT2D eigenvalue weighted by molar-refractivity contribution is 5.89. The fourth-order valence-electron chi connectivity index (χ4n) is 3.47. The van der Waals surface area contributed by atoms with E-state index in [0.29, 0.717) is 24.7 Å². The summed E-state index contributed by atoms with van der Waals surface area (Å²) in [6, 6.07) is 12.9. The summed E-state index contributed by atoms with van der Waals surface area (Å²) in [6.07, 6.45) is -2.19. The van der Waals surface area contributed by atoms with E-state index in [1.54, 1.807) is 0 Å². The van der Waals surface area contributed by atoms with Crippen LogP contribution >= 0.6 is 0 Å². The second kappa shape index (κ2) is 8.17. The van der Waals surface area contributed by atoms with Crippen molar-refractivity contribution in [2.24, 2.45) is 0 Å². The largest absolute Gasteiger partial charge is 0.416 e. The van der Waals surface area contributed by atoms with Gasteiger partial charge in [-0.2, -0.15) is 18.2 Å². The summed E-state index contributed by atoms with van der Waals surface area (Å²) < 4.78 is 44.2. The van der Waals surface area contributed by atoms with Gasteiger partial charge in [0.15, 0.2) is 0 Å². The molecule has 0 spiro atoms. The van der Waals surface area contributed by atoms with E-state index in [1.165, 1.54) is 17.0 Å². The number of carbonyl (C=O) groups excluding carboxylic acids is 1. The number of amides is 2. The highest BCUT2D eigenvalue weighted by atomic mass is 19.4. The number of alkyl halides is 3. The molecular weight excluding hydrogens is 397 g/mol. The predicted molar refractivity (Wildman–Crippen MR) is 103 cm³/mol. The zero-order valence-corrected chi connectivity index (χ0v) is 15.9. The van der Waals surface area contributed by atoms with Crippen molar-refractivity contribution >= 4 is 11.7 Å². The maximum atomic E-state index is 12.9. The van der Waals surface area contributed by atoms with Crippen molar-refractivity contribution in [3.8, 4) is 11.4 Å². The minimum atomic E-state index is -4.48. The average molecular weight is 416 g/mol. The number of piperidine rings is 1. The monoisotopic (exact) mass is 416 g/mol. The molecule has 1 N–H and O–H groups in total. The highest BCUT2D eigenvalue weighted by Gasteiger charge is 2.33. The number of anilines is 1. The normalized spacial score (nSPS) is 17.0. The van der Waals surface area contributed by atoms with Gasteiger partial charge < -0.3 is 14.7 Å². The molecule has 0 unspecified atom stereocenters. The highest BCUT2D eigenvalue weighted by Crippen LogP contribution is 2.33. The van der Waals surface area contributed by atoms with Gasteiger partial charge in [-0.05, 0) is 37.5 Å². The zero-order chi connectivity index (χ0) is 21.1. The van der Waals surface area contributed by atoms with Crippen LogP contribution in [-0.2, 0) is 6.18 Å². The molecule has 1 aliphatic rings. The Morgan fingerprint density at radius 3 is 2.67 bits per heavy atom. The van der Waals surface area contributed by atoms with E-state index in [2.05, 4.69) is 15.5 Å². The van der Waals surface area contributed by atoms with Crippen LogP contribution in [0.5, 0.6) is 0 Å². The summed E-state index contributed by atoms with van der Waals surface area (Å²) >= 11 is 0. The molecule has 1 aromatic heterocycles. The summed E-state index contributed by atoms with van der Waals surface area (Å²) in [6.45, 7) is 0.443. The maximum Gasteiger partial charge on any atom is 0.416 e. The first kappa shape index (κ1) is 19.9. The Hall–Kier alpha value is -3.36. The van der Waals surface area contributed by atoms with Gasteiger partial charge in [0.2, 0.25) is 11.7 Å². The molecule has 6 nitrogen and oxygen atoms in total. The van der Waals surface area contributed by atoms with Gasteiger partial charge in [-0.25, -0.2) is 4.79 Å². The van der Waals surface area contributed by atoms with Gasteiger partial charge in [0.25, 0.3) is 0 Å². The SMILES string of the molecule is O=C(Nc1cccc(C(F)(F)F)c1)N1CCCC[C@H]1c1nc(-c2ccccc2)no1. The number of likely N-dealkylation sites (tertiary alicyclic amines) is 1. The molecule has 2 amide bonds. The summed E-state index contributed by atoms with van der Waals surface area (Å²) in [5, 5.41) is 6.57. The van der Waals surface area contributed by atoms with E-state index >= 15 is 0 Å². The molecule has 0 radical (unpaired) electrons. The third kappa shape index (κ3) is 4.29. The van der Waals surface area contributed by atoms with Crippen molar-refractivity contribution in [1.82, 2.24) is 15.0 Å². The number of nitrogens with one attached hydrogen (secondary N) is 1. The van der Waals surface area contributed by atoms with Crippen molar-refractivity contribution in [2.75, 3.05) is 11.9 Å². The Balaban J connectivity index is 1.53. The lowest BCUT2D eigenvalue weighted by atomic mass is 10.0. The summed E-state index contributed by atoms with van der Waals surface area (Å²) in [4.78, 5) is 18.8. The van der Waals surface area contributed by atoms with Gasteiger partial charge in [0, 0.05) is 17.8 Å². The van der Waals surface area contributed by atoms with Gasteiger partial charge in [-0.3, -0.25) is 0 Å².